The van der Waals surface area contributed by atoms with Gasteiger partial charge in [0.1, 0.15) is 0 Å². The number of aryl methyl sites for hydroxylation is 1. The Labute approximate surface area is 94.3 Å². The van der Waals surface area contributed by atoms with Gasteiger partial charge in [-0.3, -0.25) is 4.79 Å². The van der Waals surface area contributed by atoms with E-state index in [4.69, 9.17) is 4.74 Å². The smallest absolute Gasteiger partial charge is 0.306 e. The van der Waals surface area contributed by atoms with E-state index in [-0.39, 0.29) is 5.97 Å². The maximum absolute atomic E-state index is 11.4. The summed E-state index contributed by atoms with van der Waals surface area (Å²) in [5.41, 5.74) is 1.39. The lowest BCUT2D eigenvalue weighted by atomic mass is 9.85. The number of ether oxygens (including phenoxy) is 1. The second-order valence-corrected chi connectivity index (χ2v) is 4.90. The third-order valence-corrected chi connectivity index (χ3v) is 3.89. The van der Waals surface area contributed by atoms with Crippen LogP contribution in [-0.4, -0.2) is 12.6 Å². The maximum Gasteiger partial charge on any atom is 0.306 e. The molecular formula is C12H16O2S. The van der Waals surface area contributed by atoms with Crippen LogP contribution in [-0.2, 0) is 16.0 Å². The van der Waals surface area contributed by atoms with Gasteiger partial charge in [0.25, 0.3) is 0 Å². The van der Waals surface area contributed by atoms with Gasteiger partial charge in [0.05, 0.1) is 13.0 Å². The van der Waals surface area contributed by atoms with Crippen LogP contribution in [0.1, 0.15) is 42.5 Å². The van der Waals surface area contributed by atoms with Crippen molar-refractivity contribution < 1.29 is 9.53 Å². The van der Waals surface area contributed by atoms with Gasteiger partial charge in [0.15, 0.2) is 0 Å². The predicted octanol–water partition coefficient (Wildman–Crippen LogP) is 3.12. The summed E-state index contributed by atoms with van der Waals surface area (Å²) in [6.45, 7) is 2.34. The summed E-state index contributed by atoms with van der Waals surface area (Å²) in [7, 11) is 0. The van der Waals surface area contributed by atoms with E-state index < -0.39 is 0 Å². The zero-order valence-electron chi connectivity index (χ0n) is 8.99. The number of esters is 1. The van der Waals surface area contributed by atoms with Crippen molar-refractivity contribution in [1.29, 1.82) is 0 Å². The fraction of sp³-hybridized carbons (Fsp3) is 0.583. The zero-order valence-corrected chi connectivity index (χ0v) is 9.81. The quantitative estimate of drug-likeness (QED) is 0.737. The molecule has 0 N–H and O–H groups in total. The molecule has 1 atom stereocenters. The molecule has 0 bridgehead atoms. The third-order valence-electron chi connectivity index (χ3n) is 2.89. The fourth-order valence-corrected chi connectivity index (χ4v) is 3.23. The Morgan fingerprint density at radius 1 is 1.67 bits per heavy atom. The topological polar surface area (TPSA) is 26.3 Å². The molecule has 0 aromatic carbocycles. The molecular weight excluding hydrogens is 208 g/mol. The van der Waals surface area contributed by atoms with Gasteiger partial charge in [-0.25, -0.2) is 0 Å². The SMILES string of the molecule is CCOC(=O)CC1CCCc2sccc21. The molecule has 15 heavy (non-hydrogen) atoms. The van der Waals surface area contributed by atoms with Gasteiger partial charge in [-0.2, -0.15) is 0 Å². The number of hydrogen-bond donors (Lipinski definition) is 0. The Bertz CT molecular complexity index is 343. The molecule has 1 heterocycles. The highest BCUT2D eigenvalue weighted by molar-refractivity contribution is 7.10. The molecule has 0 saturated carbocycles. The maximum atomic E-state index is 11.4. The molecule has 1 unspecified atom stereocenters. The van der Waals surface area contributed by atoms with Crippen LogP contribution < -0.4 is 0 Å². The summed E-state index contributed by atoms with van der Waals surface area (Å²) in [4.78, 5) is 12.9. The average Bonchev–Trinajstić information content (AvgIpc) is 2.67. The molecule has 0 spiro atoms. The minimum atomic E-state index is -0.0541. The van der Waals surface area contributed by atoms with Crippen molar-refractivity contribution in [3.63, 3.8) is 0 Å². The molecule has 0 saturated heterocycles. The highest BCUT2D eigenvalue weighted by Crippen LogP contribution is 2.36. The summed E-state index contributed by atoms with van der Waals surface area (Å²) in [5, 5.41) is 2.13. The van der Waals surface area contributed by atoms with Crippen LogP contribution >= 0.6 is 11.3 Å². The molecule has 2 nitrogen and oxygen atoms in total. The van der Waals surface area contributed by atoms with E-state index >= 15 is 0 Å². The standard InChI is InChI=1S/C12H16O2S/c1-2-14-12(13)8-9-4-3-5-11-10(9)6-7-15-11/h6-7,9H,2-5,8H2,1H3. The molecule has 82 valence electrons. The molecule has 3 heteroatoms. The Balaban J connectivity index is 2.03. The first kappa shape index (κ1) is 10.7. The summed E-state index contributed by atoms with van der Waals surface area (Å²) < 4.78 is 5.00. The van der Waals surface area contributed by atoms with Crippen molar-refractivity contribution in [2.75, 3.05) is 6.61 Å². The van der Waals surface area contributed by atoms with Gasteiger partial charge in [-0.15, -0.1) is 11.3 Å². The van der Waals surface area contributed by atoms with Crippen LogP contribution in [0, 0.1) is 0 Å². The Kier molecular flexibility index (Phi) is 3.41. The van der Waals surface area contributed by atoms with Gasteiger partial charge in [0.2, 0.25) is 0 Å². The minimum absolute atomic E-state index is 0.0541. The van der Waals surface area contributed by atoms with Crippen LogP contribution in [0.15, 0.2) is 11.4 Å². The first-order valence-corrected chi connectivity index (χ1v) is 6.41. The highest BCUT2D eigenvalue weighted by Gasteiger charge is 2.23. The molecule has 0 fully saturated rings. The summed E-state index contributed by atoms with van der Waals surface area (Å²) in [6.07, 6.45) is 4.07. The predicted molar refractivity (Wildman–Crippen MR) is 61.2 cm³/mol. The molecule has 2 rings (SSSR count). The number of fused-ring (bicyclic) bond motifs is 1. The number of rotatable bonds is 3. The lowest BCUT2D eigenvalue weighted by Gasteiger charge is -2.21. The van der Waals surface area contributed by atoms with Gasteiger partial charge >= 0.3 is 5.97 Å². The van der Waals surface area contributed by atoms with Crippen molar-refractivity contribution >= 4 is 17.3 Å². The molecule has 0 radical (unpaired) electrons. The lowest BCUT2D eigenvalue weighted by Crippen LogP contribution is -2.14. The van der Waals surface area contributed by atoms with E-state index in [1.165, 1.54) is 23.3 Å². The van der Waals surface area contributed by atoms with Crippen molar-refractivity contribution in [2.45, 2.75) is 38.5 Å². The fourth-order valence-electron chi connectivity index (χ4n) is 2.22. The van der Waals surface area contributed by atoms with Gasteiger partial charge in [-0.05, 0) is 49.1 Å². The Morgan fingerprint density at radius 3 is 3.33 bits per heavy atom. The largest absolute Gasteiger partial charge is 0.466 e. The summed E-state index contributed by atoms with van der Waals surface area (Å²) in [5.74, 6) is 0.348. The van der Waals surface area contributed by atoms with Gasteiger partial charge in [-0.1, -0.05) is 0 Å². The lowest BCUT2D eigenvalue weighted by molar-refractivity contribution is -0.143. The van der Waals surface area contributed by atoms with E-state index in [1.54, 1.807) is 0 Å². The third kappa shape index (κ3) is 2.40. The zero-order chi connectivity index (χ0) is 10.7. The molecule has 0 aliphatic heterocycles. The molecule has 1 aromatic rings. The van der Waals surface area contributed by atoms with E-state index in [1.807, 2.05) is 18.3 Å². The van der Waals surface area contributed by atoms with Crippen LogP contribution in [0.3, 0.4) is 0 Å². The first-order valence-electron chi connectivity index (χ1n) is 5.53. The number of carbonyl (C=O) groups excluding carboxylic acids is 1. The van der Waals surface area contributed by atoms with Crippen molar-refractivity contribution in [2.24, 2.45) is 0 Å². The molecule has 1 aliphatic rings. The van der Waals surface area contributed by atoms with Crippen molar-refractivity contribution in [3.05, 3.63) is 21.9 Å². The van der Waals surface area contributed by atoms with E-state index in [0.29, 0.717) is 18.9 Å². The summed E-state index contributed by atoms with van der Waals surface area (Å²) in [6, 6.07) is 2.17. The normalized spacial score (nSPS) is 19.7. The monoisotopic (exact) mass is 224 g/mol. The minimum Gasteiger partial charge on any atom is -0.466 e. The Morgan fingerprint density at radius 2 is 2.53 bits per heavy atom. The van der Waals surface area contributed by atoms with Gasteiger partial charge in [0, 0.05) is 4.88 Å². The Hall–Kier alpha value is -0.830. The number of thiophene rings is 1. The van der Waals surface area contributed by atoms with E-state index in [0.717, 1.165) is 6.42 Å². The second-order valence-electron chi connectivity index (χ2n) is 3.90. The van der Waals surface area contributed by atoms with Crippen LogP contribution in [0.2, 0.25) is 0 Å². The summed E-state index contributed by atoms with van der Waals surface area (Å²) >= 11 is 1.82. The number of carbonyl (C=O) groups is 1. The van der Waals surface area contributed by atoms with Crippen molar-refractivity contribution in [1.82, 2.24) is 0 Å². The van der Waals surface area contributed by atoms with Crippen LogP contribution in [0.4, 0.5) is 0 Å². The average molecular weight is 224 g/mol. The van der Waals surface area contributed by atoms with Crippen LogP contribution in [0.25, 0.3) is 0 Å². The van der Waals surface area contributed by atoms with Crippen molar-refractivity contribution in [3.8, 4) is 0 Å². The number of hydrogen-bond acceptors (Lipinski definition) is 3. The highest BCUT2D eigenvalue weighted by atomic mass is 32.1. The van der Waals surface area contributed by atoms with E-state index in [2.05, 4.69) is 11.4 Å². The first-order chi connectivity index (χ1) is 7.31. The van der Waals surface area contributed by atoms with Crippen LogP contribution in [0.5, 0.6) is 0 Å². The molecule has 1 aliphatic carbocycles. The molecule has 0 amide bonds. The van der Waals surface area contributed by atoms with Gasteiger partial charge < -0.3 is 4.74 Å². The molecule has 1 aromatic heterocycles. The second kappa shape index (κ2) is 4.79. The van der Waals surface area contributed by atoms with E-state index in [9.17, 15) is 4.79 Å².